The van der Waals surface area contributed by atoms with Crippen molar-refractivity contribution in [1.82, 2.24) is 4.90 Å². The van der Waals surface area contributed by atoms with Gasteiger partial charge in [0.2, 0.25) is 5.91 Å². The maximum atomic E-state index is 14.7. The molecule has 8 atom stereocenters. The van der Waals surface area contributed by atoms with Gasteiger partial charge in [-0.1, -0.05) is 121 Å². The number of nitrogens with zero attached hydrogens (tertiary/aromatic N) is 1. The SMILES string of the molecule is CO[C@H]1O[C@H](CO)[C@@H](OCc2ccccc2)[C@H](OCc2ccccc2)[C@@H]1OCCCc1oc([C@@H](OC(C)=O)[C@@H](Cc2ccccc2)C(=O)N2C(=O)OC[C@@H]2Cc2ccccc2)cc1Br. The van der Waals surface area contributed by atoms with Gasteiger partial charge in [0.1, 0.15) is 42.5 Å². The molecule has 5 aromatic rings. The number of rotatable bonds is 21. The highest BCUT2D eigenvalue weighted by molar-refractivity contribution is 9.10. The molecular weight excluding hydrogens is 886 g/mol. The maximum absolute atomic E-state index is 14.7. The number of imide groups is 1. The van der Waals surface area contributed by atoms with Crippen LogP contribution in [0.1, 0.15) is 53.2 Å². The number of halogens is 1. The van der Waals surface area contributed by atoms with Crippen molar-refractivity contribution in [1.29, 1.82) is 0 Å². The van der Waals surface area contributed by atoms with E-state index >= 15 is 0 Å². The molecule has 2 aliphatic heterocycles. The van der Waals surface area contributed by atoms with E-state index in [0.717, 1.165) is 27.2 Å². The molecule has 338 valence electrons. The van der Waals surface area contributed by atoms with Gasteiger partial charge in [0.25, 0.3) is 0 Å². The summed E-state index contributed by atoms with van der Waals surface area (Å²) in [5, 5.41) is 10.4. The normalized spacial score (nSPS) is 21.9. The van der Waals surface area contributed by atoms with Crippen LogP contribution in [0.5, 0.6) is 0 Å². The Labute approximate surface area is 381 Å². The lowest BCUT2D eigenvalue weighted by Crippen LogP contribution is -2.61. The monoisotopic (exact) mass is 939 g/mol. The van der Waals surface area contributed by atoms with Crippen LogP contribution in [0.3, 0.4) is 0 Å². The minimum atomic E-state index is -1.19. The van der Waals surface area contributed by atoms with E-state index in [9.17, 15) is 19.5 Å². The average Bonchev–Trinajstić information content (AvgIpc) is 3.88. The number of hydrogen-bond donors (Lipinski definition) is 1. The number of amides is 2. The summed E-state index contributed by atoms with van der Waals surface area (Å²) in [6.07, 6.45) is -4.30. The molecule has 14 heteroatoms. The summed E-state index contributed by atoms with van der Waals surface area (Å²) in [5.41, 5.74) is 3.65. The molecule has 0 bridgehead atoms. The molecule has 4 aromatic carbocycles. The highest BCUT2D eigenvalue weighted by Gasteiger charge is 2.49. The number of carbonyl (C=O) groups excluding carboxylic acids is 3. The van der Waals surface area contributed by atoms with E-state index in [1.165, 1.54) is 14.0 Å². The van der Waals surface area contributed by atoms with Crippen LogP contribution in [-0.2, 0) is 75.2 Å². The zero-order valence-electron chi connectivity index (χ0n) is 35.9. The molecule has 0 aliphatic carbocycles. The fourth-order valence-electron chi connectivity index (χ4n) is 8.16. The third kappa shape index (κ3) is 12.1. The highest BCUT2D eigenvalue weighted by atomic mass is 79.9. The van der Waals surface area contributed by atoms with Crippen molar-refractivity contribution in [2.75, 3.05) is 26.9 Å². The van der Waals surface area contributed by atoms with Crippen molar-refractivity contribution in [2.45, 2.75) is 88.7 Å². The van der Waals surface area contributed by atoms with Crippen LogP contribution < -0.4 is 0 Å². The number of esters is 1. The summed E-state index contributed by atoms with van der Waals surface area (Å²) in [4.78, 5) is 41.9. The first-order chi connectivity index (χ1) is 31.2. The topological polar surface area (TPSA) is 152 Å². The molecule has 64 heavy (non-hydrogen) atoms. The van der Waals surface area contributed by atoms with Gasteiger partial charge in [0, 0.05) is 27.1 Å². The predicted molar refractivity (Wildman–Crippen MR) is 238 cm³/mol. The summed E-state index contributed by atoms with van der Waals surface area (Å²) in [6, 6.07) is 39.5. The van der Waals surface area contributed by atoms with E-state index in [4.69, 9.17) is 37.6 Å². The van der Waals surface area contributed by atoms with Gasteiger partial charge < -0.3 is 42.7 Å². The average molecular weight is 941 g/mol. The van der Waals surface area contributed by atoms with E-state index in [-0.39, 0.29) is 45.2 Å². The Kier molecular flexibility index (Phi) is 16.9. The number of methoxy groups -OCH3 is 1. The largest absolute Gasteiger partial charge is 0.461 e. The number of hydrogen-bond acceptors (Lipinski definition) is 12. The van der Waals surface area contributed by atoms with Gasteiger partial charge in [-0.2, -0.15) is 0 Å². The second kappa shape index (κ2) is 23.1. The van der Waals surface area contributed by atoms with Crippen LogP contribution in [0.2, 0.25) is 0 Å². The van der Waals surface area contributed by atoms with E-state index < -0.39 is 66.7 Å². The standard InChI is InChI=1S/C50H54BrNO12/c1-33(54)62-44(39(27-35-18-9-4-10-19-35)48(55)52-38(32-61-50(52)56)26-34-16-7-3-8-17-34)42-28-40(51)41(63-42)24-15-25-58-47-46(60-31-37-22-13-6-14-23-37)45(43(29-53)64-49(47)57-2)59-30-36-20-11-5-12-21-36/h3-14,16-23,28,38-39,43-47,49,53H,15,24-27,29-32H2,1-2H3/t38-,39+,43+,44-,45+,46-,47-,49-/m0/s1. The zero-order chi connectivity index (χ0) is 44.8. The number of furan rings is 1. The lowest BCUT2D eigenvalue weighted by molar-refractivity contribution is -0.319. The molecule has 0 saturated carbocycles. The number of benzene rings is 4. The summed E-state index contributed by atoms with van der Waals surface area (Å²) in [6.45, 7) is 1.73. The number of ether oxygens (including phenoxy) is 7. The molecule has 2 saturated heterocycles. The minimum absolute atomic E-state index is 0.0374. The molecule has 7 rings (SSSR count). The molecule has 1 aromatic heterocycles. The quantitative estimate of drug-likeness (QED) is 0.0562. The van der Waals surface area contributed by atoms with Gasteiger partial charge >= 0.3 is 12.1 Å². The Morgan fingerprint density at radius 1 is 0.797 bits per heavy atom. The lowest BCUT2D eigenvalue weighted by Gasteiger charge is -2.45. The second-order valence-electron chi connectivity index (χ2n) is 15.8. The van der Waals surface area contributed by atoms with Crippen molar-refractivity contribution in [3.8, 4) is 0 Å². The minimum Gasteiger partial charge on any atom is -0.461 e. The van der Waals surface area contributed by atoms with Crippen molar-refractivity contribution < 1.29 is 57.1 Å². The van der Waals surface area contributed by atoms with Crippen molar-refractivity contribution in [3.63, 3.8) is 0 Å². The fraction of sp³-hybridized carbons (Fsp3) is 0.380. The third-order valence-electron chi connectivity index (χ3n) is 11.3. The van der Waals surface area contributed by atoms with Crippen LogP contribution in [0, 0.1) is 5.92 Å². The Morgan fingerprint density at radius 3 is 1.95 bits per heavy atom. The van der Waals surface area contributed by atoms with Crippen LogP contribution in [0.15, 0.2) is 136 Å². The van der Waals surface area contributed by atoms with Crippen molar-refractivity contribution >= 4 is 33.9 Å². The molecule has 0 unspecified atom stereocenters. The molecule has 2 fully saturated rings. The zero-order valence-corrected chi connectivity index (χ0v) is 37.5. The molecular formula is C50H54BrNO12. The summed E-state index contributed by atoms with van der Waals surface area (Å²) < 4.78 is 49.9. The van der Waals surface area contributed by atoms with Gasteiger partial charge in [-0.05, 0) is 63.5 Å². The second-order valence-corrected chi connectivity index (χ2v) is 16.7. The van der Waals surface area contributed by atoms with Gasteiger partial charge in [-0.25, -0.2) is 9.69 Å². The number of carbonyl (C=O) groups is 3. The number of cyclic esters (lactones) is 1. The Balaban J connectivity index is 1.09. The highest BCUT2D eigenvalue weighted by Crippen LogP contribution is 2.37. The molecule has 3 heterocycles. The predicted octanol–water partition coefficient (Wildman–Crippen LogP) is 7.95. The molecule has 0 radical (unpaired) electrons. The number of aryl methyl sites for hydroxylation is 1. The van der Waals surface area contributed by atoms with E-state index in [0.29, 0.717) is 29.5 Å². The summed E-state index contributed by atoms with van der Waals surface area (Å²) in [5.74, 6) is -1.43. The Morgan fingerprint density at radius 2 is 1.38 bits per heavy atom. The molecule has 0 spiro atoms. The van der Waals surface area contributed by atoms with Gasteiger partial charge in [-0.15, -0.1) is 0 Å². The summed E-state index contributed by atoms with van der Waals surface area (Å²) >= 11 is 3.64. The van der Waals surface area contributed by atoms with E-state index in [1.54, 1.807) is 6.07 Å². The summed E-state index contributed by atoms with van der Waals surface area (Å²) in [7, 11) is 1.52. The lowest BCUT2D eigenvalue weighted by atomic mass is 9.90. The van der Waals surface area contributed by atoms with Crippen LogP contribution >= 0.6 is 15.9 Å². The van der Waals surface area contributed by atoms with Crippen LogP contribution in [0.25, 0.3) is 0 Å². The number of aliphatic hydroxyl groups is 1. The van der Waals surface area contributed by atoms with Gasteiger partial charge in [-0.3, -0.25) is 9.59 Å². The fourth-order valence-corrected chi connectivity index (χ4v) is 8.66. The molecule has 1 N–H and O–H groups in total. The van der Waals surface area contributed by atoms with Gasteiger partial charge in [0.15, 0.2) is 12.4 Å². The molecule has 2 aliphatic rings. The molecule has 2 amide bonds. The first-order valence-corrected chi connectivity index (χ1v) is 22.3. The van der Waals surface area contributed by atoms with E-state index in [1.807, 2.05) is 121 Å². The Bertz CT molecular complexity index is 2230. The third-order valence-corrected chi connectivity index (χ3v) is 11.9. The number of aliphatic hydroxyl groups excluding tert-OH is 1. The first-order valence-electron chi connectivity index (χ1n) is 21.5. The Hall–Kier alpha value is -5.19. The first kappa shape index (κ1) is 46.8. The van der Waals surface area contributed by atoms with E-state index in [2.05, 4.69) is 15.9 Å². The van der Waals surface area contributed by atoms with Crippen molar-refractivity contribution in [2.24, 2.45) is 5.92 Å². The van der Waals surface area contributed by atoms with Gasteiger partial charge in [0.05, 0.1) is 36.3 Å². The van der Waals surface area contributed by atoms with Crippen LogP contribution in [-0.4, -0.2) is 91.7 Å². The van der Waals surface area contributed by atoms with Crippen molar-refractivity contribution in [3.05, 3.63) is 166 Å². The molecule has 13 nitrogen and oxygen atoms in total. The van der Waals surface area contributed by atoms with Crippen LogP contribution in [0.4, 0.5) is 4.79 Å². The maximum Gasteiger partial charge on any atom is 0.416 e. The smallest absolute Gasteiger partial charge is 0.416 e.